The molecule has 2 aromatic heterocycles. The van der Waals surface area contributed by atoms with Gasteiger partial charge >= 0.3 is 0 Å². The van der Waals surface area contributed by atoms with Gasteiger partial charge in [-0.2, -0.15) is 0 Å². The van der Waals surface area contributed by atoms with Crippen molar-refractivity contribution in [1.29, 1.82) is 0 Å². The molecule has 1 N–H and O–H groups in total. The van der Waals surface area contributed by atoms with Crippen LogP contribution in [-0.2, 0) is 6.54 Å². The number of aromatic amines is 1. The van der Waals surface area contributed by atoms with Gasteiger partial charge in [-0.1, -0.05) is 57.1 Å². The van der Waals surface area contributed by atoms with Crippen molar-refractivity contribution >= 4 is 10.9 Å². The molecule has 7 heteroatoms. The first-order chi connectivity index (χ1) is 16.6. The van der Waals surface area contributed by atoms with E-state index in [1.54, 1.807) is 0 Å². The number of aromatic nitrogens is 5. The molecule has 0 bridgehead atoms. The maximum absolute atomic E-state index is 13.1. The van der Waals surface area contributed by atoms with Crippen molar-refractivity contribution in [2.75, 3.05) is 0 Å². The average Bonchev–Trinajstić information content (AvgIpc) is 3.35. The van der Waals surface area contributed by atoms with Crippen LogP contribution in [0.2, 0.25) is 0 Å². The van der Waals surface area contributed by atoms with Crippen LogP contribution in [0.1, 0.15) is 107 Å². The number of H-pyrrole nitrogens is 1. The molecule has 2 fully saturated rings. The molecule has 34 heavy (non-hydrogen) atoms. The lowest BCUT2D eigenvalue weighted by Gasteiger charge is -2.39. The zero-order valence-corrected chi connectivity index (χ0v) is 20.7. The minimum absolute atomic E-state index is 0.0129. The van der Waals surface area contributed by atoms with E-state index in [4.69, 9.17) is 0 Å². The van der Waals surface area contributed by atoms with Crippen molar-refractivity contribution in [3.63, 3.8) is 0 Å². The predicted molar refractivity (Wildman–Crippen MR) is 135 cm³/mol. The zero-order chi connectivity index (χ0) is 23.5. The summed E-state index contributed by atoms with van der Waals surface area (Å²) in [5.74, 6) is 0.980. The van der Waals surface area contributed by atoms with Crippen molar-refractivity contribution in [2.24, 2.45) is 0 Å². The van der Waals surface area contributed by atoms with Gasteiger partial charge < -0.3 is 4.98 Å². The topological polar surface area (TPSA) is 79.7 Å². The standard InChI is InChI=1S/C27H38N6O/c1-3-25(26-29-30-31-33(26)23-12-8-5-9-13-23)32(22-10-6-4-7-11-22)18-21-17-20-16-19(2)14-15-24(20)28-27(21)34/h14-17,22-23,25H,3-13,18H2,1-2H3,(H,28,34). The fourth-order valence-electron chi connectivity index (χ4n) is 6.16. The highest BCUT2D eigenvalue weighted by atomic mass is 16.1. The molecule has 1 unspecified atom stereocenters. The Morgan fingerprint density at radius 2 is 1.79 bits per heavy atom. The summed E-state index contributed by atoms with van der Waals surface area (Å²) in [6, 6.07) is 9.24. The minimum Gasteiger partial charge on any atom is -0.322 e. The Bertz CT molecular complexity index is 1160. The lowest BCUT2D eigenvalue weighted by atomic mass is 9.91. The molecule has 5 rings (SSSR count). The van der Waals surface area contributed by atoms with Gasteiger partial charge in [0.2, 0.25) is 0 Å². The van der Waals surface area contributed by atoms with Crippen LogP contribution in [0.4, 0.5) is 0 Å². The van der Waals surface area contributed by atoms with Gasteiger partial charge in [-0.3, -0.25) is 9.69 Å². The number of hydrogen-bond acceptors (Lipinski definition) is 5. The number of rotatable bonds is 7. The molecule has 3 aromatic rings. The Labute approximate surface area is 201 Å². The summed E-state index contributed by atoms with van der Waals surface area (Å²) in [5, 5.41) is 14.3. The summed E-state index contributed by atoms with van der Waals surface area (Å²) in [5.41, 5.74) is 2.95. The molecule has 2 heterocycles. The molecule has 2 aliphatic carbocycles. The molecular formula is C27H38N6O. The minimum atomic E-state index is 0.0129. The van der Waals surface area contributed by atoms with Gasteiger partial charge in [0.15, 0.2) is 5.82 Å². The van der Waals surface area contributed by atoms with Crippen LogP contribution in [0.15, 0.2) is 29.1 Å². The third-order valence-corrected chi connectivity index (χ3v) is 8.00. The maximum atomic E-state index is 13.1. The van der Waals surface area contributed by atoms with Gasteiger partial charge in [0.1, 0.15) is 0 Å². The van der Waals surface area contributed by atoms with Crippen molar-refractivity contribution < 1.29 is 0 Å². The molecular weight excluding hydrogens is 424 g/mol. The number of pyridine rings is 1. The van der Waals surface area contributed by atoms with Crippen LogP contribution in [0.3, 0.4) is 0 Å². The lowest BCUT2D eigenvalue weighted by molar-refractivity contribution is 0.0821. The molecule has 0 radical (unpaired) electrons. The van der Waals surface area contributed by atoms with E-state index in [9.17, 15) is 4.79 Å². The summed E-state index contributed by atoms with van der Waals surface area (Å²) in [7, 11) is 0. The van der Waals surface area contributed by atoms with Gasteiger partial charge in [-0.15, -0.1) is 5.10 Å². The van der Waals surface area contributed by atoms with E-state index in [0.29, 0.717) is 18.6 Å². The molecule has 0 spiro atoms. The number of aryl methyl sites for hydroxylation is 1. The highest BCUT2D eigenvalue weighted by Crippen LogP contribution is 2.35. The van der Waals surface area contributed by atoms with Crippen LogP contribution in [0.5, 0.6) is 0 Å². The lowest BCUT2D eigenvalue weighted by Crippen LogP contribution is -2.41. The molecule has 2 aliphatic rings. The molecule has 182 valence electrons. The monoisotopic (exact) mass is 462 g/mol. The predicted octanol–water partition coefficient (Wildman–Crippen LogP) is 5.61. The number of hydrogen-bond donors (Lipinski definition) is 1. The van der Waals surface area contributed by atoms with E-state index in [1.165, 1.54) is 56.9 Å². The van der Waals surface area contributed by atoms with E-state index >= 15 is 0 Å². The second kappa shape index (κ2) is 10.4. The Morgan fingerprint density at radius 3 is 2.53 bits per heavy atom. The van der Waals surface area contributed by atoms with Gasteiger partial charge in [0.05, 0.1) is 12.1 Å². The fourth-order valence-corrected chi connectivity index (χ4v) is 6.16. The van der Waals surface area contributed by atoms with Crippen molar-refractivity contribution in [3.05, 3.63) is 51.6 Å². The van der Waals surface area contributed by atoms with E-state index < -0.39 is 0 Å². The first-order valence-corrected chi connectivity index (χ1v) is 13.3. The fraction of sp³-hybridized carbons (Fsp3) is 0.630. The van der Waals surface area contributed by atoms with Gasteiger partial charge in [-0.05, 0) is 73.0 Å². The normalized spacial score (nSPS) is 19.1. The van der Waals surface area contributed by atoms with Gasteiger partial charge in [-0.25, -0.2) is 4.68 Å². The number of nitrogens with one attached hydrogen (secondary N) is 1. The smallest absolute Gasteiger partial charge is 0.252 e. The van der Waals surface area contributed by atoms with Crippen LogP contribution in [0, 0.1) is 6.92 Å². The number of tetrazole rings is 1. The van der Waals surface area contributed by atoms with Crippen LogP contribution in [-0.4, -0.2) is 36.1 Å². The SMILES string of the molecule is CCC(c1nnnn1C1CCCCC1)N(Cc1cc2cc(C)ccc2[nH]c1=O)C1CCCCC1. The van der Waals surface area contributed by atoms with E-state index in [-0.39, 0.29) is 11.6 Å². The van der Waals surface area contributed by atoms with E-state index in [0.717, 1.165) is 41.6 Å². The zero-order valence-electron chi connectivity index (χ0n) is 20.7. The first-order valence-electron chi connectivity index (χ1n) is 13.3. The second-order valence-corrected chi connectivity index (χ2v) is 10.4. The number of benzene rings is 1. The van der Waals surface area contributed by atoms with Crippen LogP contribution in [0.25, 0.3) is 10.9 Å². The third kappa shape index (κ3) is 4.81. The van der Waals surface area contributed by atoms with Crippen LogP contribution >= 0.6 is 0 Å². The van der Waals surface area contributed by atoms with E-state index in [2.05, 4.69) is 56.1 Å². The largest absolute Gasteiger partial charge is 0.322 e. The molecule has 0 aliphatic heterocycles. The van der Waals surface area contributed by atoms with Crippen molar-refractivity contribution in [2.45, 2.75) is 109 Å². The second-order valence-electron chi connectivity index (χ2n) is 10.4. The Hall–Kier alpha value is -2.54. The molecule has 1 aromatic carbocycles. The molecule has 7 nitrogen and oxygen atoms in total. The quantitative estimate of drug-likeness (QED) is 0.493. The summed E-state index contributed by atoms with van der Waals surface area (Å²) < 4.78 is 2.12. The number of nitrogens with zero attached hydrogens (tertiary/aromatic N) is 5. The summed E-state index contributed by atoms with van der Waals surface area (Å²) in [6.07, 6.45) is 13.2. The Balaban J connectivity index is 1.51. The Morgan fingerprint density at radius 1 is 1.06 bits per heavy atom. The molecule has 0 amide bonds. The average molecular weight is 463 g/mol. The van der Waals surface area contributed by atoms with Crippen LogP contribution < -0.4 is 5.56 Å². The molecule has 0 saturated heterocycles. The molecule has 1 atom stereocenters. The van der Waals surface area contributed by atoms with Gasteiger partial charge in [0.25, 0.3) is 5.56 Å². The number of fused-ring (bicyclic) bond motifs is 1. The van der Waals surface area contributed by atoms with Crippen molar-refractivity contribution in [1.82, 2.24) is 30.1 Å². The van der Waals surface area contributed by atoms with Crippen molar-refractivity contribution in [3.8, 4) is 0 Å². The third-order valence-electron chi connectivity index (χ3n) is 8.00. The highest BCUT2D eigenvalue weighted by molar-refractivity contribution is 5.79. The van der Waals surface area contributed by atoms with E-state index in [1.807, 2.05) is 12.1 Å². The van der Waals surface area contributed by atoms with Gasteiger partial charge in [0, 0.05) is 23.7 Å². The molecule has 2 saturated carbocycles. The first kappa shape index (κ1) is 23.2. The highest BCUT2D eigenvalue weighted by Gasteiger charge is 2.33. The maximum Gasteiger partial charge on any atom is 0.252 e. The Kier molecular flexibility index (Phi) is 7.09. The summed E-state index contributed by atoms with van der Waals surface area (Å²) in [6.45, 7) is 4.95. The summed E-state index contributed by atoms with van der Waals surface area (Å²) >= 11 is 0. The summed E-state index contributed by atoms with van der Waals surface area (Å²) in [4.78, 5) is 18.8.